The van der Waals surface area contributed by atoms with Crippen molar-refractivity contribution < 1.29 is 14.3 Å². The molecule has 0 radical (unpaired) electrons. The Morgan fingerprint density at radius 1 is 1.27 bits per heavy atom. The topological polar surface area (TPSA) is 73.6 Å². The number of amides is 1. The van der Waals surface area contributed by atoms with Crippen LogP contribution in [-0.4, -0.2) is 31.7 Å². The van der Waals surface area contributed by atoms with Gasteiger partial charge in [0.1, 0.15) is 18.1 Å². The molecule has 3 N–H and O–H groups in total. The Morgan fingerprint density at radius 2 is 2.00 bits per heavy atom. The third-order valence-electron chi connectivity index (χ3n) is 5.90. The molecule has 2 aliphatic carbocycles. The van der Waals surface area contributed by atoms with Gasteiger partial charge in [-0.2, -0.15) is 0 Å². The number of benzene rings is 1. The number of nitrogens with one attached hydrogen (secondary N) is 1. The van der Waals surface area contributed by atoms with Crippen molar-refractivity contribution in [2.24, 2.45) is 17.6 Å². The van der Waals surface area contributed by atoms with E-state index in [0.717, 1.165) is 29.9 Å². The van der Waals surface area contributed by atoms with E-state index in [1.165, 1.54) is 19.3 Å². The van der Waals surface area contributed by atoms with E-state index in [-0.39, 0.29) is 24.4 Å². The van der Waals surface area contributed by atoms with Gasteiger partial charge in [0.05, 0.1) is 12.7 Å². The van der Waals surface area contributed by atoms with Crippen LogP contribution in [0.25, 0.3) is 6.08 Å². The SMILES string of the molecule is COc1ccc2c(c1)C=C(C(=O)NC1C3CCCC1CC(N)C3)CO2.Cl. The highest BCUT2D eigenvalue weighted by Gasteiger charge is 2.40. The van der Waals surface area contributed by atoms with E-state index >= 15 is 0 Å². The fourth-order valence-electron chi connectivity index (χ4n) is 4.68. The quantitative estimate of drug-likeness (QED) is 0.848. The van der Waals surface area contributed by atoms with Crippen molar-refractivity contribution in [1.29, 1.82) is 0 Å². The molecule has 1 heterocycles. The zero-order valence-electron chi connectivity index (χ0n) is 15.1. The van der Waals surface area contributed by atoms with Crippen molar-refractivity contribution >= 4 is 24.4 Å². The number of carbonyl (C=O) groups is 1. The molecule has 3 aliphatic rings. The maximum Gasteiger partial charge on any atom is 0.250 e. The Hall–Kier alpha value is -1.72. The lowest BCUT2D eigenvalue weighted by atomic mass is 9.67. The number of rotatable bonds is 3. The number of carbonyl (C=O) groups excluding carboxylic acids is 1. The molecule has 142 valence electrons. The van der Waals surface area contributed by atoms with E-state index in [4.69, 9.17) is 15.2 Å². The van der Waals surface area contributed by atoms with Gasteiger partial charge >= 0.3 is 0 Å². The number of nitrogens with two attached hydrogens (primary N) is 1. The van der Waals surface area contributed by atoms with E-state index in [1.807, 2.05) is 24.3 Å². The van der Waals surface area contributed by atoms with Gasteiger partial charge in [-0.3, -0.25) is 4.79 Å². The van der Waals surface area contributed by atoms with E-state index in [1.54, 1.807) is 7.11 Å². The van der Waals surface area contributed by atoms with Crippen LogP contribution in [0.3, 0.4) is 0 Å². The van der Waals surface area contributed by atoms with Crippen LogP contribution in [0.5, 0.6) is 11.5 Å². The van der Waals surface area contributed by atoms with Crippen LogP contribution < -0.4 is 20.5 Å². The Labute approximate surface area is 160 Å². The summed E-state index contributed by atoms with van der Waals surface area (Å²) in [5.74, 6) is 2.58. The molecule has 0 saturated heterocycles. The van der Waals surface area contributed by atoms with Gasteiger partial charge in [0, 0.05) is 17.6 Å². The van der Waals surface area contributed by atoms with Crippen molar-refractivity contribution in [2.45, 2.75) is 44.2 Å². The predicted molar refractivity (Wildman–Crippen MR) is 104 cm³/mol. The van der Waals surface area contributed by atoms with E-state index in [2.05, 4.69) is 5.32 Å². The van der Waals surface area contributed by atoms with Crippen LogP contribution in [0.4, 0.5) is 0 Å². The highest BCUT2D eigenvalue weighted by molar-refractivity contribution is 5.99. The minimum atomic E-state index is -0.00848. The lowest BCUT2D eigenvalue weighted by molar-refractivity contribution is -0.120. The second-order valence-electron chi connectivity index (χ2n) is 7.54. The van der Waals surface area contributed by atoms with Crippen molar-refractivity contribution in [3.63, 3.8) is 0 Å². The van der Waals surface area contributed by atoms with E-state index in [9.17, 15) is 4.79 Å². The van der Waals surface area contributed by atoms with Gasteiger partial charge in [-0.1, -0.05) is 6.42 Å². The molecule has 2 atom stereocenters. The highest BCUT2D eigenvalue weighted by Crippen LogP contribution is 2.40. The summed E-state index contributed by atoms with van der Waals surface area (Å²) in [6.45, 7) is 0.312. The number of halogens is 1. The van der Waals surface area contributed by atoms with Crippen LogP contribution in [0.1, 0.15) is 37.7 Å². The number of methoxy groups -OCH3 is 1. The van der Waals surface area contributed by atoms with Crippen molar-refractivity contribution in [2.75, 3.05) is 13.7 Å². The number of ether oxygens (including phenoxy) is 2. The Morgan fingerprint density at radius 3 is 2.69 bits per heavy atom. The van der Waals surface area contributed by atoms with E-state index < -0.39 is 0 Å². The molecule has 1 aromatic carbocycles. The molecule has 1 aromatic rings. The second-order valence-corrected chi connectivity index (χ2v) is 7.54. The summed E-state index contributed by atoms with van der Waals surface area (Å²) >= 11 is 0. The summed E-state index contributed by atoms with van der Waals surface area (Å²) in [6, 6.07) is 6.20. The third-order valence-corrected chi connectivity index (χ3v) is 5.90. The fraction of sp³-hybridized carbons (Fsp3) is 0.550. The monoisotopic (exact) mass is 378 g/mol. The molecule has 0 aromatic heterocycles. The summed E-state index contributed by atoms with van der Waals surface area (Å²) in [5, 5.41) is 3.30. The fourth-order valence-corrected chi connectivity index (χ4v) is 4.68. The molecule has 6 heteroatoms. The van der Waals surface area contributed by atoms with Crippen LogP contribution >= 0.6 is 12.4 Å². The maximum atomic E-state index is 12.8. The smallest absolute Gasteiger partial charge is 0.250 e. The first-order valence-corrected chi connectivity index (χ1v) is 9.22. The zero-order valence-corrected chi connectivity index (χ0v) is 15.9. The van der Waals surface area contributed by atoms with Gasteiger partial charge in [0.25, 0.3) is 5.91 Å². The summed E-state index contributed by atoms with van der Waals surface area (Å²) in [5.41, 5.74) is 7.75. The average Bonchev–Trinajstić information content (AvgIpc) is 2.61. The molecule has 5 nitrogen and oxygen atoms in total. The predicted octanol–water partition coefficient (Wildman–Crippen LogP) is 2.92. The Kier molecular flexibility index (Phi) is 5.78. The Bertz CT molecular complexity index is 692. The molecule has 2 fully saturated rings. The zero-order chi connectivity index (χ0) is 17.4. The van der Waals surface area contributed by atoms with E-state index in [0.29, 0.717) is 30.1 Å². The molecule has 2 bridgehead atoms. The maximum absolute atomic E-state index is 12.8. The summed E-state index contributed by atoms with van der Waals surface area (Å²) in [7, 11) is 1.63. The molecule has 4 rings (SSSR count). The third kappa shape index (κ3) is 3.69. The van der Waals surface area contributed by atoms with Crippen LogP contribution in [0, 0.1) is 11.8 Å². The van der Waals surface area contributed by atoms with Gasteiger partial charge < -0.3 is 20.5 Å². The minimum absolute atomic E-state index is 0. The first-order valence-electron chi connectivity index (χ1n) is 9.22. The van der Waals surface area contributed by atoms with Crippen molar-refractivity contribution in [3.05, 3.63) is 29.3 Å². The van der Waals surface area contributed by atoms with Crippen LogP contribution in [0.15, 0.2) is 23.8 Å². The molecule has 2 saturated carbocycles. The molecule has 26 heavy (non-hydrogen) atoms. The van der Waals surface area contributed by atoms with Crippen LogP contribution in [-0.2, 0) is 4.79 Å². The first kappa shape index (κ1) is 19.1. The highest BCUT2D eigenvalue weighted by atomic mass is 35.5. The molecule has 1 aliphatic heterocycles. The molecule has 1 amide bonds. The minimum Gasteiger partial charge on any atom is -0.497 e. The lowest BCUT2D eigenvalue weighted by Crippen LogP contribution is -2.54. The van der Waals surface area contributed by atoms with Crippen LogP contribution in [0.2, 0.25) is 0 Å². The lowest BCUT2D eigenvalue weighted by Gasteiger charge is -2.45. The van der Waals surface area contributed by atoms with Gasteiger partial charge in [-0.05, 0) is 61.8 Å². The molecular formula is C20H27ClN2O3. The number of hydrogen-bond acceptors (Lipinski definition) is 4. The van der Waals surface area contributed by atoms with Gasteiger partial charge in [0.15, 0.2) is 0 Å². The van der Waals surface area contributed by atoms with Gasteiger partial charge in [-0.15, -0.1) is 12.4 Å². The molecular weight excluding hydrogens is 352 g/mol. The van der Waals surface area contributed by atoms with Gasteiger partial charge in [0.2, 0.25) is 0 Å². The molecule has 2 unspecified atom stereocenters. The summed E-state index contributed by atoms with van der Waals surface area (Å²) in [6.07, 6.45) is 7.57. The van der Waals surface area contributed by atoms with Crippen molar-refractivity contribution in [3.8, 4) is 11.5 Å². The number of fused-ring (bicyclic) bond motifs is 3. The normalized spacial score (nSPS) is 29.4. The summed E-state index contributed by atoms with van der Waals surface area (Å²) < 4.78 is 11.0. The summed E-state index contributed by atoms with van der Waals surface area (Å²) in [4.78, 5) is 12.8. The number of hydrogen-bond donors (Lipinski definition) is 2. The van der Waals surface area contributed by atoms with Gasteiger partial charge in [-0.25, -0.2) is 0 Å². The average molecular weight is 379 g/mol. The first-order chi connectivity index (χ1) is 12.1. The molecule has 0 spiro atoms. The largest absolute Gasteiger partial charge is 0.497 e. The second kappa shape index (κ2) is 7.89. The Balaban J connectivity index is 0.00000196. The standard InChI is InChI=1S/C20H26N2O3.ClH/c1-24-17-5-6-18-14(10-17)7-15(11-25-18)20(23)22-19-12-3-2-4-13(19)9-16(21)8-12;/h5-7,10,12-13,16,19H,2-4,8-9,11,21H2,1H3,(H,22,23);1H. The van der Waals surface area contributed by atoms with Crippen molar-refractivity contribution in [1.82, 2.24) is 5.32 Å².